The maximum atomic E-state index is 12.9. The number of ether oxygens (including phenoxy) is 1. The van der Waals surface area contributed by atoms with E-state index in [0.717, 1.165) is 35.1 Å². The molecule has 1 aliphatic carbocycles. The number of allylic oxidation sites excluding steroid dienone is 1. The number of amides is 1. The van der Waals surface area contributed by atoms with Crippen molar-refractivity contribution in [1.82, 2.24) is 5.32 Å². The molecule has 5 atom stereocenters. The molecule has 0 radical (unpaired) electrons. The third kappa shape index (κ3) is 6.41. The lowest BCUT2D eigenvalue weighted by Gasteiger charge is -2.41. The molecule has 2 unspecified atom stereocenters. The van der Waals surface area contributed by atoms with Gasteiger partial charge in [0, 0.05) is 27.9 Å². The summed E-state index contributed by atoms with van der Waals surface area (Å²) in [5.41, 5.74) is 2.31. The number of hydrogen-bond donors (Lipinski definition) is 1. The molecule has 2 fully saturated rings. The Morgan fingerprint density at radius 1 is 1.15 bits per heavy atom. The van der Waals surface area contributed by atoms with E-state index in [1.165, 1.54) is 18.4 Å². The van der Waals surface area contributed by atoms with Gasteiger partial charge in [-0.2, -0.15) is 0 Å². The van der Waals surface area contributed by atoms with Gasteiger partial charge in [0.1, 0.15) is 0 Å². The van der Waals surface area contributed by atoms with Crippen LogP contribution in [0.1, 0.15) is 62.2 Å². The first kappa shape index (κ1) is 24.3. The second-order valence-corrected chi connectivity index (χ2v) is 10.6. The summed E-state index contributed by atoms with van der Waals surface area (Å²) in [7, 11) is 0. The predicted octanol–water partition coefficient (Wildman–Crippen LogP) is 7.35. The van der Waals surface area contributed by atoms with E-state index in [-0.39, 0.29) is 35.8 Å². The van der Waals surface area contributed by atoms with Crippen molar-refractivity contribution in [3.63, 3.8) is 0 Å². The molecule has 0 bridgehead atoms. The normalized spacial score (nSPS) is 24.7. The first-order valence-corrected chi connectivity index (χ1v) is 12.7. The largest absolute Gasteiger partial charge is 0.373 e. The fourth-order valence-corrected chi connectivity index (χ4v) is 5.29. The highest BCUT2D eigenvalue weighted by atomic mass is 35.5. The van der Waals surface area contributed by atoms with E-state index in [2.05, 4.69) is 37.0 Å². The van der Waals surface area contributed by atoms with E-state index in [1.54, 1.807) is 0 Å². The summed E-state index contributed by atoms with van der Waals surface area (Å²) < 4.78 is 6.41. The number of halogens is 2. The second-order valence-electron chi connectivity index (χ2n) is 9.68. The third-order valence-electron chi connectivity index (χ3n) is 7.05. The predicted molar refractivity (Wildman–Crippen MR) is 136 cm³/mol. The Morgan fingerprint density at radius 3 is 2.58 bits per heavy atom. The summed E-state index contributed by atoms with van der Waals surface area (Å²) in [6.07, 6.45) is 6.62. The first-order chi connectivity index (χ1) is 15.9. The quantitative estimate of drug-likeness (QED) is 0.357. The number of benzene rings is 2. The molecule has 1 heterocycles. The standard InChI is InChI=1S/C28H33Cl2NO2/c1-3-5-22-16-25(21-6-4-7-24(30)15-21)27(31-28(22)32)18(2)14-26(33-17-19-8-9-19)20-10-12-23(29)13-11-20/h3-4,6-7,10-13,15,18-19,22,25-27H,1,5,8-9,14,16-17H2,2H3,(H,31,32)/t18?,22-,25+,26?,27-/m0/s1. The number of piperidine rings is 1. The third-order valence-corrected chi connectivity index (χ3v) is 7.54. The molecule has 4 rings (SSSR count). The minimum absolute atomic E-state index is 0.0105. The van der Waals surface area contributed by atoms with Crippen LogP contribution in [0, 0.1) is 17.8 Å². The lowest BCUT2D eigenvalue weighted by atomic mass is 9.73. The van der Waals surface area contributed by atoms with E-state index in [0.29, 0.717) is 12.3 Å². The van der Waals surface area contributed by atoms with Crippen LogP contribution in [-0.4, -0.2) is 18.6 Å². The van der Waals surface area contributed by atoms with Crippen molar-refractivity contribution >= 4 is 29.1 Å². The fourth-order valence-electron chi connectivity index (χ4n) is 4.97. The van der Waals surface area contributed by atoms with Crippen molar-refractivity contribution < 1.29 is 9.53 Å². The topological polar surface area (TPSA) is 38.3 Å². The van der Waals surface area contributed by atoms with Crippen LogP contribution in [0.5, 0.6) is 0 Å². The van der Waals surface area contributed by atoms with E-state index in [9.17, 15) is 4.79 Å². The van der Waals surface area contributed by atoms with Crippen molar-refractivity contribution in [2.24, 2.45) is 17.8 Å². The summed E-state index contributed by atoms with van der Waals surface area (Å²) >= 11 is 12.5. The molecular weight excluding hydrogens is 453 g/mol. The fraction of sp³-hybridized carbons (Fsp3) is 0.464. The molecular formula is C28H33Cl2NO2. The first-order valence-electron chi connectivity index (χ1n) is 12.0. The Hall–Kier alpha value is -1.81. The Bertz CT molecular complexity index is 957. The molecule has 2 aromatic carbocycles. The van der Waals surface area contributed by atoms with E-state index in [1.807, 2.05) is 36.4 Å². The molecule has 1 amide bonds. The van der Waals surface area contributed by atoms with Gasteiger partial charge < -0.3 is 10.1 Å². The van der Waals surface area contributed by atoms with Crippen LogP contribution in [0.2, 0.25) is 10.0 Å². The monoisotopic (exact) mass is 485 g/mol. The van der Waals surface area contributed by atoms with Crippen LogP contribution in [-0.2, 0) is 9.53 Å². The minimum atomic E-state index is -0.0619. The summed E-state index contributed by atoms with van der Waals surface area (Å²) in [5.74, 6) is 1.14. The second kappa shape index (κ2) is 11.1. The number of rotatable bonds is 10. The Kier molecular flexibility index (Phi) is 8.16. The van der Waals surface area contributed by atoms with Crippen LogP contribution in [0.4, 0.5) is 0 Å². The molecule has 0 aromatic heterocycles. The Labute approximate surface area is 207 Å². The summed E-state index contributed by atoms with van der Waals surface area (Å²) in [6, 6.07) is 16.0. The van der Waals surface area contributed by atoms with Gasteiger partial charge in [-0.3, -0.25) is 4.79 Å². The van der Waals surface area contributed by atoms with Crippen LogP contribution in [0.3, 0.4) is 0 Å². The number of carbonyl (C=O) groups excluding carboxylic acids is 1. The van der Waals surface area contributed by atoms with Crippen molar-refractivity contribution in [2.75, 3.05) is 6.61 Å². The summed E-state index contributed by atoms with van der Waals surface area (Å²) in [4.78, 5) is 12.9. The van der Waals surface area contributed by atoms with Crippen LogP contribution in [0.25, 0.3) is 0 Å². The highest BCUT2D eigenvalue weighted by Gasteiger charge is 2.39. The lowest BCUT2D eigenvalue weighted by molar-refractivity contribution is -0.129. The van der Waals surface area contributed by atoms with Crippen molar-refractivity contribution in [3.05, 3.63) is 82.4 Å². The molecule has 176 valence electrons. The van der Waals surface area contributed by atoms with Crippen molar-refractivity contribution in [1.29, 1.82) is 0 Å². The van der Waals surface area contributed by atoms with Crippen LogP contribution in [0.15, 0.2) is 61.2 Å². The van der Waals surface area contributed by atoms with Gasteiger partial charge in [0.25, 0.3) is 0 Å². The van der Waals surface area contributed by atoms with Crippen molar-refractivity contribution in [2.45, 2.75) is 57.1 Å². The van der Waals surface area contributed by atoms with Gasteiger partial charge in [0.2, 0.25) is 5.91 Å². The molecule has 1 saturated heterocycles. The molecule has 1 saturated carbocycles. The lowest BCUT2D eigenvalue weighted by Crippen LogP contribution is -2.51. The van der Waals surface area contributed by atoms with Gasteiger partial charge in [-0.25, -0.2) is 0 Å². The van der Waals surface area contributed by atoms with Gasteiger partial charge in [-0.1, -0.05) is 60.5 Å². The average Bonchev–Trinajstić information content (AvgIpc) is 3.63. The molecule has 33 heavy (non-hydrogen) atoms. The molecule has 2 aliphatic rings. The maximum absolute atomic E-state index is 12.9. The summed E-state index contributed by atoms with van der Waals surface area (Å²) in [6.45, 7) is 6.86. The zero-order valence-electron chi connectivity index (χ0n) is 19.2. The zero-order valence-corrected chi connectivity index (χ0v) is 20.7. The summed E-state index contributed by atoms with van der Waals surface area (Å²) in [5, 5.41) is 4.80. The van der Waals surface area contributed by atoms with Gasteiger partial charge in [-0.15, -0.1) is 6.58 Å². The molecule has 5 heteroatoms. The van der Waals surface area contributed by atoms with Gasteiger partial charge in [0.05, 0.1) is 12.7 Å². The average molecular weight is 486 g/mol. The molecule has 1 aliphatic heterocycles. The molecule has 3 nitrogen and oxygen atoms in total. The maximum Gasteiger partial charge on any atom is 0.223 e. The molecule has 2 aromatic rings. The number of hydrogen-bond acceptors (Lipinski definition) is 2. The van der Waals surface area contributed by atoms with E-state index in [4.69, 9.17) is 27.9 Å². The zero-order chi connectivity index (χ0) is 23.4. The van der Waals surface area contributed by atoms with Crippen LogP contribution >= 0.6 is 23.2 Å². The highest BCUT2D eigenvalue weighted by Crippen LogP contribution is 2.40. The molecule has 1 N–H and O–H groups in total. The van der Waals surface area contributed by atoms with E-state index >= 15 is 0 Å². The van der Waals surface area contributed by atoms with E-state index < -0.39 is 0 Å². The Balaban J connectivity index is 1.56. The highest BCUT2D eigenvalue weighted by molar-refractivity contribution is 6.30. The smallest absolute Gasteiger partial charge is 0.223 e. The number of nitrogens with one attached hydrogen (secondary N) is 1. The van der Waals surface area contributed by atoms with Gasteiger partial charge in [0.15, 0.2) is 0 Å². The van der Waals surface area contributed by atoms with Crippen LogP contribution < -0.4 is 5.32 Å². The van der Waals surface area contributed by atoms with Gasteiger partial charge in [-0.05, 0) is 79.3 Å². The van der Waals surface area contributed by atoms with Gasteiger partial charge >= 0.3 is 0 Å². The van der Waals surface area contributed by atoms with Crippen molar-refractivity contribution in [3.8, 4) is 0 Å². The Morgan fingerprint density at radius 2 is 1.91 bits per heavy atom. The SMILES string of the molecule is C=CC[C@H]1C[C@H](c2cccc(Cl)c2)[C@H](C(C)CC(OCC2CC2)c2ccc(Cl)cc2)NC1=O. The molecule has 0 spiro atoms. The minimum Gasteiger partial charge on any atom is -0.373 e. The number of carbonyl (C=O) groups is 1.